The van der Waals surface area contributed by atoms with E-state index in [-0.39, 0.29) is 29.2 Å². The Balaban J connectivity index is 1.89. The van der Waals surface area contributed by atoms with E-state index in [1.54, 1.807) is 6.92 Å². The first-order valence-electron chi connectivity index (χ1n) is 11.7. The molecule has 2 amide bonds. The van der Waals surface area contributed by atoms with E-state index >= 15 is 0 Å². The van der Waals surface area contributed by atoms with E-state index < -0.39 is 28.5 Å². The lowest BCUT2D eigenvalue weighted by Crippen LogP contribution is -2.53. The SMILES string of the molecule is C[C@@H](C(=O)NC1CCCCC1)N(Cc1cccc(Br)c1)C(=O)CN(c1ccc(Cl)cc1Cl)S(C)(=O)=O. The zero-order valence-electron chi connectivity index (χ0n) is 20.2. The summed E-state index contributed by atoms with van der Waals surface area (Å²) in [5, 5.41) is 3.51. The summed E-state index contributed by atoms with van der Waals surface area (Å²) < 4.78 is 27.1. The predicted molar refractivity (Wildman–Crippen MR) is 148 cm³/mol. The van der Waals surface area contributed by atoms with Crippen LogP contribution in [-0.2, 0) is 26.2 Å². The van der Waals surface area contributed by atoms with Gasteiger partial charge < -0.3 is 10.2 Å². The van der Waals surface area contributed by atoms with E-state index in [1.165, 1.54) is 23.1 Å². The van der Waals surface area contributed by atoms with Gasteiger partial charge in [0.15, 0.2) is 0 Å². The van der Waals surface area contributed by atoms with Gasteiger partial charge in [0.25, 0.3) is 0 Å². The number of nitrogens with one attached hydrogen (secondary N) is 1. The number of hydrogen-bond donors (Lipinski definition) is 1. The van der Waals surface area contributed by atoms with E-state index in [9.17, 15) is 18.0 Å². The lowest BCUT2D eigenvalue weighted by Gasteiger charge is -2.33. The number of anilines is 1. The third kappa shape index (κ3) is 7.84. The van der Waals surface area contributed by atoms with Gasteiger partial charge in [0.05, 0.1) is 17.0 Å². The summed E-state index contributed by atoms with van der Waals surface area (Å²) in [7, 11) is -3.88. The van der Waals surface area contributed by atoms with Gasteiger partial charge in [0, 0.05) is 22.1 Å². The number of halogens is 3. The number of rotatable bonds is 9. The molecule has 1 atom stereocenters. The molecule has 0 heterocycles. The lowest BCUT2D eigenvalue weighted by molar-refractivity contribution is -0.139. The zero-order valence-corrected chi connectivity index (χ0v) is 24.1. The van der Waals surface area contributed by atoms with Crippen LogP contribution in [0.15, 0.2) is 46.9 Å². The number of carbonyl (C=O) groups excluding carboxylic acids is 2. The molecule has 11 heteroatoms. The highest BCUT2D eigenvalue weighted by atomic mass is 79.9. The Morgan fingerprint density at radius 3 is 2.42 bits per heavy atom. The van der Waals surface area contributed by atoms with Crippen LogP contribution in [0.5, 0.6) is 0 Å². The van der Waals surface area contributed by atoms with Crippen LogP contribution in [0.3, 0.4) is 0 Å². The van der Waals surface area contributed by atoms with Crippen LogP contribution < -0.4 is 9.62 Å². The van der Waals surface area contributed by atoms with Crippen LogP contribution in [-0.4, -0.2) is 50.0 Å². The van der Waals surface area contributed by atoms with Crippen LogP contribution in [0.1, 0.15) is 44.6 Å². The fourth-order valence-corrected chi connectivity index (χ4v) is 6.13. The second kappa shape index (κ2) is 12.6. The molecule has 1 aliphatic carbocycles. The summed E-state index contributed by atoms with van der Waals surface area (Å²) in [5.41, 5.74) is 0.934. The Hall–Kier alpha value is -1.81. The molecule has 2 aromatic carbocycles. The van der Waals surface area contributed by atoms with Crippen molar-refractivity contribution in [1.29, 1.82) is 0 Å². The summed E-state index contributed by atoms with van der Waals surface area (Å²) in [6, 6.07) is 11.0. The third-order valence-corrected chi connectivity index (χ3v) is 8.38. The second-order valence-corrected chi connectivity index (χ2v) is 12.7. The average Bonchev–Trinajstić information content (AvgIpc) is 2.81. The highest BCUT2D eigenvalue weighted by Crippen LogP contribution is 2.30. The zero-order chi connectivity index (χ0) is 26.5. The standard InChI is InChI=1S/C25H30BrCl2N3O4S/c1-17(25(33)29-21-9-4-3-5-10-21)30(15-18-7-6-8-19(26)13-18)24(32)16-31(36(2,34)35)23-12-11-20(27)14-22(23)28/h6-8,11-14,17,21H,3-5,9-10,15-16H2,1-2H3,(H,29,33)/t17-/m0/s1. The topological polar surface area (TPSA) is 86.8 Å². The summed E-state index contributed by atoms with van der Waals surface area (Å²) in [5.74, 6) is -0.793. The van der Waals surface area contributed by atoms with Gasteiger partial charge in [-0.15, -0.1) is 0 Å². The maximum Gasteiger partial charge on any atom is 0.244 e. The minimum absolute atomic E-state index is 0.0805. The van der Waals surface area contributed by atoms with Crippen molar-refractivity contribution in [2.24, 2.45) is 0 Å². The maximum atomic E-state index is 13.6. The van der Waals surface area contributed by atoms with Gasteiger partial charge in [0.2, 0.25) is 21.8 Å². The van der Waals surface area contributed by atoms with Crippen molar-refractivity contribution in [1.82, 2.24) is 10.2 Å². The van der Waals surface area contributed by atoms with Crippen molar-refractivity contribution < 1.29 is 18.0 Å². The molecule has 36 heavy (non-hydrogen) atoms. The van der Waals surface area contributed by atoms with E-state index in [1.807, 2.05) is 24.3 Å². The maximum absolute atomic E-state index is 13.6. The normalized spacial score (nSPS) is 15.2. The fraction of sp³-hybridized carbons (Fsp3) is 0.440. The van der Waals surface area contributed by atoms with Gasteiger partial charge in [-0.3, -0.25) is 13.9 Å². The van der Waals surface area contributed by atoms with Crippen LogP contribution in [0.2, 0.25) is 10.0 Å². The fourth-order valence-electron chi connectivity index (χ4n) is 4.26. The molecule has 0 saturated heterocycles. The number of amides is 2. The Morgan fingerprint density at radius 2 is 1.81 bits per heavy atom. The Morgan fingerprint density at radius 1 is 1.11 bits per heavy atom. The van der Waals surface area contributed by atoms with Crippen LogP contribution in [0.25, 0.3) is 0 Å². The summed E-state index contributed by atoms with van der Waals surface area (Å²) in [6.45, 7) is 1.27. The van der Waals surface area contributed by atoms with Crippen molar-refractivity contribution in [2.45, 2.75) is 57.7 Å². The first-order chi connectivity index (χ1) is 17.0. The summed E-state index contributed by atoms with van der Waals surface area (Å²) in [6.07, 6.45) is 6.10. The molecule has 0 spiro atoms. The number of nitrogens with zero attached hydrogens (tertiary/aromatic N) is 2. The molecule has 7 nitrogen and oxygen atoms in total. The number of sulfonamides is 1. The van der Waals surface area contributed by atoms with E-state index in [2.05, 4.69) is 21.2 Å². The van der Waals surface area contributed by atoms with E-state index in [0.29, 0.717) is 5.02 Å². The highest BCUT2D eigenvalue weighted by molar-refractivity contribution is 9.10. The molecule has 0 bridgehead atoms. The van der Waals surface area contributed by atoms with Gasteiger partial charge >= 0.3 is 0 Å². The van der Waals surface area contributed by atoms with Crippen LogP contribution in [0, 0.1) is 0 Å². The molecule has 3 rings (SSSR count). The monoisotopic (exact) mass is 617 g/mol. The van der Waals surface area contributed by atoms with E-state index in [0.717, 1.165) is 52.7 Å². The van der Waals surface area contributed by atoms with Crippen molar-refractivity contribution >= 4 is 66.7 Å². The van der Waals surface area contributed by atoms with Crippen molar-refractivity contribution in [2.75, 3.05) is 17.1 Å². The smallest absolute Gasteiger partial charge is 0.244 e. The van der Waals surface area contributed by atoms with E-state index in [4.69, 9.17) is 23.2 Å². The quantitative estimate of drug-likeness (QED) is 0.408. The van der Waals surface area contributed by atoms with Crippen LogP contribution >= 0.6 is 39.1 Å². The summed E-state index contributed by atoms with van der Waals surface area (Å²) in [4.78, 5) is 28.2. The minimum Gasteiger partial charge on any atom is -0.352 e. The van der Waals surface area contributed by atoms with Crippen molar-refractivity contribution in [3.8, 4) is 0 Å². The third-order valence-electron chi connectivity index (χ3n) is 6.22. The Bertz CT molecular complexity index is 1210. The number of benzene rings is 2. The first-order valence-corrected chi connectivity index (χ1v) is 15.1. The molecule has 1 N–H and O–H groups in total. The molecule has 0 radical (unpaired) electrons. The van der Waals surface area contributed by atoms with Crippen LogP contribution in [0.4, 0.5) is 5.69 Å². The molecular weight excluding hydrogens is 589 g/mol. The molecule has 0 aliphatic heterocycles. The van der Waals surface area contributed by atoms with Gasteiger partial charge in [-0.25, -0.2) is 8.42 Å². The highest BCUT2D eigenvalue weighted by Gasteiger charge is 2.31. The average molecular weight is 619 g/mol. The van der Waals surface area contributed by atoms with Crippen molar-refractivity contribution in [3.63, 3.8) is 0 Å². The Labute approximate surface area is 231 Å². The molecule has 196 valence electrons. The predicted octanol–water partition coefficient (Wildman–Crippen LogP) is 5.39. The van der Waals surface area contributed by atoms with Crippen molar-refractivity contribution in [3.05, 3.63) is 62.5 Å². The molecule has 2 aromatic rings. The molecule has 1 fully saturated rings. The largest absolute Gasteiger partial charge is 0.352 e. The first kappa shape index (κ1) is 28.8. The minimum atomic E-state index is -3.88. The number of hydrogen-bond acceptors (Lipinski definition) is 4. The number of carbonyl (C=O) groups is 2. The second-order valence-electron chi connectivity index (χ2n) is 9.04. The molecule has 1 aliphatic rings. The molecular formula is C25H30BrCl2N3O4S. The van der Waals surface area contributed by atoms with Gasteiger partial charge in [-0.2, -0.15) is 0 Å². The van der Waals surface area contributed by atoms with Gasteiger partial charge in [-0.05, 0) is 55.7 Å². The summed E-state index contributed by atoms with van der Waals surface area (Å²) >= 11 is 15.7. The van der Waals surface area contributed by atoms with Gasteiger partial charge in [-0.1, -0.05) is 70.5 Å². The Kier molecular flexibility index (Phi) is 10.1. The molecule has 0 aromatic heterocycles. The lowest BCUT2D eigenvalue weighted by atomic mass is 9.95. The molecule has 1 saturated carbocycles. The molecule has 0 unspecified atom stereocenters. The van der Waals surface area contributed by atoms with Gasteiger partial charge in [0.1, 0.15) is 12.6 Å².